The van der Waals surface area contributed by atoms with Crippen LogP contribution in [0.4, 0.5) is 0 Å². The molecule has 0 aliphatic heterocycles. The van der Waals surface area contributed by atoms with Gasteiger partial charge in [0.2, 0.25) is 0 Å². The van der Waals surface area contributed by atoms with E-state index in [1.807, 2.05) is 30.3 Å². The third kappa shape index (κ3) is 4.99. The highest BCUT2D eigenvalue weighted by molar-refractivity contribution is 6.11. The summed E-state index contributed by atoms with van der Waals surface area (Å²) in [7, 11) is 0. The Bertz CT molecular complexity index is 2590. The summed E-state index contributed by atoms with van der Waals surface area (Å²) in [5.74, 6) is 0.710. The van der Waals surface area contributed by atoms with Crippen LogP contribution in [0.3, 0.4) is 0 Å². The maximum absolute atomic E-state index is 5.26. The lowest BCUT2D eigenvalue weighted by Gasteiger charge is -2.14. The Morgan fingerprint density at radius 3 is 1.69 bits per heavy atom. The molecular weight excluding hydrogens is 583 g/mol. The summed E-state index contributed by atoms with van der Waals surface area (Å²) in [4.78, 5) is 15.6. The average Bonchev–Trinajstić information content (AvgIpc) is 3.17. The molecule has 3 nitrogen and oxygen atoms in total. The van der Waals surface area contributed by atoms with Gasteiger partial charge in [0.05, 0.1) is 22.6 Å². The molecule has 9 aromatic rings. The van der Waals surface area contributed by atoms with Crippen LogP contribution in [0.1, 0.15) is 0 Å². The van der Waals surface area contributed by atoms with E-state index in [-0.39, 0.29) is 0 Å². The minimum atomic E-state index is 0.710. The molecule has 224 valence electrons. The first-order valence-electron chi connectivity index (χ1n) is 16.2. The van der Waals surface area contributed by atoms with E-state index in [9.17, 15) is 0 Å². The first kappa shape index (κ1) is 27.8. The first-order valence-corrected chi connectivity index (χ1v) is 16.2. The van der Waals surface area contributed by atoms with Gasteiger partial charge < -0.3 is 0 Å². The maximum atomic E-state index is 5.26. The molecule has 7 aromatic carbocycles. The highest BCUT2D eigenvalue weighted by Crippen LogP contribution is 2.37. The van der Waals surface area contributed by atoms with Gasteiger partial charge in [0, 0.05) is 33.0 Å². The van der Waals surface area contributed by atoms with Crippen molar-refractivity contribution in [2.75, 3.05) is 0 Å². The van der Waals surface area contributed by atoms with Gasteiger partial charge in [0.15, 0.2) is 5.82 Å². The van der Waals surface area contributed by atoms with E-state index in [1.165, 1.54) is 16.3 Å². The zero-order valence-electron chi connectivity index (χ0n) is 26.1. The molecular formula is C45H29N3. The van der Waals surface area contributed by atoms with E-state index in [2.05, 4.69) is 146 Å². The van der Waals surface area contributed by atoms with Gasteiger partial charge in [-0.05, 0) is 51.6 Å². The van der Waals surface area contributed by atoms with E-state index >= 15 is 0 Å². The van der Waals surface area contributed by atoms with Crippen LogP contribution in [0, 0.1) is 0 Å². The quantitative estimate of drug-likeness (QED) is 0.182. The van der Waals surface area contributed by atoms with Crippen molar-refractivity contribution in [3.63, 3.8) is 0 Å². The largest absolute Gasteiger partial charge is 0.248 e. The van der Waals surface area contributed by atoms with E-state index in [0.29, 0.717) is 5.82 Å². The first-order chi connectivity index (χ1) is 23.8. The maximum Gasteiger partial charge on any atom is 0.160 e. The van der Waals surface area contributed by atoms with Gasteiger partial charge in [-0.1, -0.05) is 152 Å². The SMILES string of the molecule is c1ccc(-c2cc(-c3cccc4ccccc34)cc(-c3ccc4ccc5c(-c6ccccc6)nc(-c6ccccc6)nc5c4c3)n2)cc1. The Morgan fingerprint density at radius 2 is 0.917 bits per heavy atom. The molecule has 0 bridgehead atoms. The Labute approximate surface area is 278 Å². The summed E-state index contributed by atoms with van der Waals surface area (Å²) in [6, 6.07) is 61.5. The molecule has 0 N–H and O–H groups in total. The molecule has 0 fully saturated rings. The minimum absolute atomic E-state index is 0.710. The minimum Gasteiger partial charge on any atom is -0.248 e. The third-order valence-electron chi connectivity index (χ3n) is 9.05. The van der Waals surface area contributed by atoms with Crippen molar-refractivity contribution in [1.29, 1.82) is 0 Å². The van der Waals surface area contributed by atoms with Crippen LogP contribution in [0.25, 0.3) is 88.7 Å². The van der Waals surface area contributed by atoms with E-state index < -0.39 is 0 Å². The van der Waals surface area contributed by atoms with Crippen LogP contribution in [0.5, 0.6) is 0 Å². The van der Waals surface area contributed by atoms with Gasteiger partial charge in [-0.2, -0.15) is 0 Å². The van der Waals surface area contributed by atoms with Crippen molar-refractivity contribution in [3.05, 3.63) is 176 Å². The van der Waals surface area contributed by atoms with Gasteiger partial charge in [-0.3, -0.25) is 0 Å². The lowest BCUT2D eigenvalue weighted by atomic mass is 9.95. The lowest BCUT2D eigenvalue weighted by molar-refractivity contribution is 1.23. The number of hydrogen-bond donors (Lipinski definition) is 0. The molecule has 0 aliphatic rings. The van der Waals surface area contributed by atoms with Crippen LogP contribution in [-0.2, 0) is 0 Å². The van der Waals surface area contributed by atoms with E-state index in [4.69, 9.17) is 15.0 Å². The average molecular weight is 612 g/mol. The van der Waals surface area contributed by atoms with Crippen molar-refractivity contribution in [1.82, 2.24) is 15.0 Å². The smallest absolute Gasteiger partial charge is 0.160 e. The number of rotatable bonds is 5. The van der Waals surface area contributed by atoms with Gasteiger partial charge in [0.1, 0.15) is 0 Å². The summed E-state index contributed by atoms with van der Waals surface area (Å²) < 4.78 is 0. The molecule has 2 heterocycles. The standard InChI is InChI=1S/C45H29N3/c1-4-14-32(15-5-1)41-28-36(38-22-12-20-30-13-10-11-21-37(30)38)29-42(46-41)35-24-23-31-25-26-39-43(33-16-6-2-7-17-33)47-45(34-18-8-3-9-19-34)48-44(39)40(31)27-35/h1-29H. The summed E-state index contributed by atoms with van der Waals surface area (Å²) in [6.45, 7) is 0. The van der Waals surface area contributed by atoms with Crippen LogP contribution in [-0.4, -0.2) is 15.0 Å². The fourth-order valence-electron chi connectivity index (χ4n) is 6.67. The third-order valence-corrected chi connectivity index (χ3v) is 9.05. The second-order valence-corrected chi connectivity index (χ2v) is 12.0. The second kappa shape index (κ2) is 11.7. The molecule has 0 saturated carbocycles. The highest BCUT2D eigenvalue weighted by atomic mass is 14.9. The second-order valence-electron chi connectivity index (χ2n) is 12.0. The highest BCUT2D eigenvalue weighted by Gasteiger charge is 2.16. The molecule has 0 atom stereocenters. The summed E-state index contributed by atoms with van der Waals surface area (Å²) >= 11 is 0. The van der Waals surface area contributed by atoms with Crippen molar-refractivity contribution >= 4 is 32.4 Å². The van der Waals surface area contributed by atoms with Crippen LogP contribution in [0.15, 0.2) is 176 Å². The zero-order valence-corrected chi connectivity index (χ0v) is 26.1. The van der Waals surface area contributed by atoms with Crippen LogP contribution >= 0.6 is 0 Å². The number of nitrogens with zero attached hydrogens (tertiary/aromatic N) is 3. The Kier molecular flexibility index (Phi) is 6.80. The normalized spacial score (nSPS) is 11.3. The number of pyridine rings is 1. The molecule has 9 rings (SSSR count). The van der Waals surface area contributed by atoms with E-state index in [0.717, 1.165) is 66.6 Å². The molecule has 3 heteroatoms. The van der Waals surface area contributed by atoms with Gasteiger partial charge in [-0.15, -0.1) is 0 Å². The molecule has 0 amide bonds. The van der Waals surface area contributed by atoms with Gasteiger partial charge in [-0.25, -0.2) is 15.0 Å². The fourth-order valence-corrected chi connectivity index (χ4v) is 6.67. The molecule has 0 radical (unpaired) electrons. The predicted octanol–water partition coefficient (Wildman–Crippen LogP) is 11.7. The monoisotopic (exact) mass is 611 g/mol. The van der Waals surface area contributed by atoms with Gasteiger partial charge in [0.25, 0.3) is 0 Å². The van der Waals surface area contributed by atoms with Crippen molar-refractivity contribution < 1.29 is 0 Å². The van der Waals surface area contributed by atoms with Gasteiger partial charge >= 0.3 is 0 Å². The molecule has 48 heavy (non-hydrogen) atoms. The zero-order chi connectivity index (χ0) is 31.9. The molecule has 2 aromatic heterocycles. The summed E-state index contributed by atoms with van der Waals surface area (Å²) in [6.07, 6.45) is 0. The summed E-state index contributed by atoms with van der Waals surface area (Å²) in [5, 5.41) is 5.65. The number of fused-ring (bicyclic) bond motifs is 4. The summed E-state index contributed by atoms with van der Waals surface area (Å²) in [5.41, 5.74) is 10.2. The fraction of sp³-hybridized carbons (Fsp3) is 0. The molecule has 0 spiro atoms. The molecule has 0 aliphatic carbocycles. The van der Waals surface area contributed by atoms with Crippen molar-refractivity contribution in [3.8, 4) is 56.3 Å². The Hall–Kier alpha value is -6.45. The van der Waals surface area contributed by atoms with Crippen molar-refractivity contribution in [2.45, 2.75) is 0 Å². The Balaban J connectivity index is 1.30. The Morgan fingerprint density at radius 1 is 0.312 bits per heavy atom. The number of hydrogen-bond acceptors (Lipinski definition) is 3. The van der Waals surface area contributed by atoms with Crippen molar-refractivity contribution in [2.24, 2.45) is 0 Å². The molecule has 0 saturated heterocycles. The number of aromatic nitrogens is 3. The predicted molar refractivity (Wildman–Crippen MR) is 200 cm³/mol. The molecule has 0 unspecified atom stereocenters. The lowest BCUT2D eigenvalue weighted by Crippen LogP contribution is -1.96. The van der Waals surface area contributed by atoms with E-state index in [1.54, 1.807) is 0 Å². The number of benzene rings is 7. The topological polar surface area (TPSA) is 38.7 Å². The van der Waals surface area contributed by atoms with Crippen LogP contribution in [0.2, 0.25) is 0 Å². The van der Waals surface area contributed by atoms with Crippen LogP contribution < -0.4 is 0 Å².